The van der Waals surface area contributed by atoms with E-state index in [-0.39, 0.29) is 29.8 Å². The molecule has 2 aliphatic carbocycles. The molecule has 0 aliphatic heterocycles. The third-order valence-corrected chi connectivity index (χ3v) is 4.14. The Morgan fingerprint density at radius 3 is 2.53 bits per heavy atom. The maximum Gasteiger partial charge on any atom is 0.341 e. The largest absolute Gasteiger partial charge is 0.462 e. The first-order valence-electron chi connectivity index (χ1n) is 6.00. The fourth-order valence-electron chi connectivity index (χ4n) is 2.93. The van der Waals surface area contributed by atoms with Gasteiger partial charge in [-0.15, -0.1) is 0 Å². The number of carbonyl (C=O) groups excluding carboxylic acids is 2. The van der Waals surface area contributed by atoms with E-state index in [1.54, 1.807) is 20.8 Å². The summed E-state index contributed by atoms with van der Waals surface area (Å²) in [5.41, 5.74) is -0.527. The van der Waals surface area contributed by atoms with Crippen LogP contribution in [-0.4, -0.2) is 29.1 Å². The molecule has 0 bridgehead atoms. The molecule has 4 heteroatoms. The van der Waals surface area contributed by atoms with Crippen molar-refractivity contribution >= 4 is 11.8 Å². The van der Waals surface area contributed by atoms with Crippen molar-refractivity contribution in [2.75, 3.05) is 6.61 Å². The summed E-state index contributed by atoms with van der Waals surface area (Å²) < 4.78 is 4.91. The molecule has 0 heterocycles. The first kappa shape index (κ1) is 12.3. The van der Waals surface area contributed by atoms with Crippen molar-refractivity contribution in [3.8, 4) is 0 Å². The highest BCUT2D eigenvalue weighted by molar-refractivity contribution is 6.19. The number of Topliss-reactive ketones (excluding diaryl/α,β-unsaturated/α-hetero) is 1. The fourth-order valence-corrected chi connectivity index (χ4v) is 2.93. The van der Waals surface area contributed by atoms with E-state index in [0.717, 1.165) is 12.8 Å². The number of ketones is 1. The highest BCUT2D eigenvalue weighted by Gasteiger charge is 2.61. The molecule has 1 atom stereocenters. The van der Waals surface area contributed by atoms with Gasteiger partial charge >= 0.3 is 5.97 Å². The maximum absolute atomic E-state index is 11.9. The third kappa shape index (κ3) is 1.62. The molecule has 4 nitrogen and oxygen atoms in total. The Morgan fingerprint density at radius 1 is 1.47 bits per heavy atom. The predicted molar refractivity (Wildman–Crippen MR) is 61.2 cm³/mol. The molecule has 0 aromatic rings. The van der Waals surface area contributed by atoms with Crippen LogP contribution < -0.4 is 0 Å². The lowest BCUT2D eigenvalue weighted by Gasteiger charge is -2.38. The molecule has 1 N–H and O–H groups in total. The monoisotopic (exact) mass is 238 g/mol. The summed E-state index contributed by atoms with van der Waals surface area (Å²) in [6, 6.07) is 0. The van der Waals surface area contributed by atoms with E-state index >= 15 is 0 Å². The van der Waals surface area contributed by atoms with Crippen molar-refractivity contribution in [2.45, 2.75) is 45.6 Å². The Kier molecular flexibility index (Phi) is 2.65. The molecule has 1 saturated carbocycles. The number of ether oxygens (including phenoxy) is 1. The average Bonchev–Trinajstić information content (AvgIpc) is 2.95. The zero-order valence-corrected chi connectivity index (χ0v) is 10.5. The molecule has 94 valence electrons. The normalized spacial score (nSPS) is 30.7. The molecule has 0 aromatic heterocycles. The van der Waals surface area contributed by atoms with Gasteiger partial charge in [-0.3, -0.25) is 4.79 Å². The lowest BCUT2D eigenvalue weighted by molar-refractivity contribution is -0.142. The van der Waals surface area contributed by atoms with Gasteiger partial charge in [0.05, 0.1) is 12.2 Å². The van der Waals surface area contributed by atoms with E-state index in [1.165, 1.54) is 0 Å². The van der Waals surface area contributed by atoms with Crippen molar-refractivity contribution in [1.29, 1.82) is 0 Å². The minimum Gasteiger partial charge on any atom is -0.462 e. The lowest BCUT2D eigenvalue weighted by Crippen LogP contribution is -2.45. The Hall–Kier alpha value is -1.16. The second-order valence-electron chi connectivity index (χ2n) is 5.18. The van der Waals surface area contributed by atoms with Gasteiger partial charge in [-0.25, -0.2) is 4.79 Å². The van der Waals surface area contributed by atoms with E-state index in [4.69, 9.17) is 4.74 Å². The summed E-state index contributed by atoms with van der Waals surface area (Å²) in [5, 5.41) is 10.3. The summed E-state index contributed by atoms with van der Waals surface area (Å²) in [4.78, 5) is 23.7. The van der Waals surface area contributed by atoms with E-state index < -0.39 is 11.6 Å². The van der Waals surface area contributed by atoms with Gasteiger partial charge in [0.1, 0.15) is 5.57 Å². The number of esters is 1. The van der Waals surface area contributed by atoms with Crippen LogP contribution in [0.1, 0.15) is 40.0 Å². The van der Waals surface area contributed by atoms with Crippen LogP contribution in [0.5, 0.6) is 0 Å². The summed E-state index contributed by atoms with van der Waals surface area (Å²) in [7, 11) is 0. The summed E-state index contributed by atoms with van der Waals surface area (Å²) in [6.07, 6.45) is 1.68. The topological polar surface area (TPSA) is 63.6 Å². The zero-order valence-electron chi connectivity index (χ0n) is 10.5. The molecule has 17 heavy (non-hydrogen) atoms. The lowest BCUT2D eigenvalue weighted by atomic mass is 9.70. The van der Waals surface area contributed by atoms with Crippen LogP contribution in [0.3, 0.4) is 0 Å². The Labute approximate surface area is 101 Å². The molecule has 1 fully saturated rings. The SMILES string of the molecule is CCOC(=O)C1=C(C)C2(CC2)C(C)(O)CC1=O. The van der Waals surface area contributed by atoms with Gasteiger partial charge in [0.25, 0.3) is 0 Å². The number of rotatable bonds is 2. The van der Waals surface area contributed by atoms with Crippen LogP contribution >= 0.6 is 0 Å². The van der Waals surface area contributed by atoms with Crippen LogP contribution in [0.25, 0.3) is 0 Å². The standard InChI is InChI=1S/C13H18O4/c1-4-17-11(15)10-8(2)13(5-6-13)12(3,16)7-9(10)14/h16H,4-7H2,1-3H3. The van der Waals surface area contributed by atoms with Crippen LogP contribution in [-0.2, 0) is 14.3 Å². The second-order valence-corrected chi connectivity index (χ2v) is 5.18. The zero-order chi connectivity index (χ0) is 12.8. The van der Waals surface area contributed by atoms with E-state index in [0.29, 0.717) is 5.57 Å². The van der Waals surface area contributed by atoms with Gasteiger partial charge < -0.3 is 9.84 Å². The predicted octanol–water partition coefficient (Wildman–Crippen LogP) is 1.37. The average molecular weight is 238 g/mol. The quantitative estimate of drug-likeness (QED) is 0.583. The molecule has 2 rings (SSSR count). The van der Waals surface area contributed by atoms with Gasteiger partial charge in [-0.05, 0) is 39.2 Å². The summed E-state index contributed by atoms with van der Waals surface area (Å²) >= 11 is 0. The van der Waals surface area contributed by atoms with Gasteiger partial charge in [-0.2, -0.15) is 0 Å². The highest BCUT2D eigenvalue weighted by atomic mass is 16.5. The Morgan fingerprint density at radius 2 is 2.06 bits per heavy atom. The number of carbonyl (C=O) groups is 2. The minimum absolute atomic E-state index is 0.0124. The number of hydrogen-bond acceptors (Lipinski definition) is 4. The molecular formula is C13H18O4. The minimum atomic E-state index is -1.02. The number of hydrogen-bond donors (Lipinski definition) is 1. The van der Waals surface area contributed by atoms with Crippen molar-refractivity contribution in [3.63, 3.8) is 0 Å². The third-order valence-electron chi connectivity index (χ3n) is 4.14. The Balaban J connectivity index is 2.44. The van der Waals surface area contributed by atoms with Crippen LogP contribution in [0.2, 0.25) is 0 Å². The molecule has 0 saturated heterocycles. The fraction of sp³-hybridized carbons (Fsp3) is 0.692. The van der Waals surface area contributed by atoms with E-state index in [1.807, 2.05) is 0 Å². The van der Waals surface area contributed by atoms with Gasteiger partial charge in [-0.1, -0.05) is 0 Å². The van der Waals surface area contributed by atoms with Crippen molar-refractivity contribution in [3.05, 3.63) is 11.1 Å². The molecule has 1 spiro atoms. The van der Waals surface area contributed by atoms with Crippen LogP contribution in [0.4, 0.5) is 0 Å². The van der Waals surface area contributed by atoms with Crippen molar-refractivity contribution in [1.82, 2.24) is 0 Å². The summed E-state index contributed by atoms with van der Waals surface area (Å²) in [5.74, 6) is -0.847. The van der Waals surface area contributed by atoms with E-state index in [2.05, 4.69) is 0 Å². The first-order valence-corrected chi connectivity index (χ1v) is 6.00. The molecule has 2 aliphatic rings. The van der Waals surface area contributed by atoms with Gasteiger partial charge in [0, 0.05) is 11.8 Å². The van der Waals surface area contributed by atoms with Crippen molar-refractivity contribution in [2.24, 2.45) is 5.41 Å². The molecule has 0 amide bonds. The summed E-state index contributed by atoms with van der Waals surface area (Å²) in [6.45, 7) is 5.42. The van der Waals surface area contributed by atoms with Crippen LogP contribution in [0.15, 0.2) is 11.1 Å². The molecule has 0 radical (unpaired) electrons. The second kappa shape index (κ2) is 3.67. The highest BCUT2D eigenvalue weighted by Crippen LogP contribution is 2.63. The molecule has 0 aromatic carbocycles. The van der Waals surface area contributed by atoms with Crippen LogP contribution in [0, 0.1) is 5.41 Å². The van der Waals surface area contributed by atoms with Crippen molar-refractivity contribution < 1.29 is 19.4 Å². The first-order chi connectivity index (χ1) is 7.85. The van der Waals surface area contributed by atoms with Gasteiger partial charge in [0.15, 0.2) is 5.78 Å². The van der Waals surface area contributed by atoms with E-state index in [9.17, 15) is 14.7 Å². The Bertz CT molecular complexity index is 413. The number of aliphatic hydroxyl groups is 1. The smallest absolute Gasteiger partial charge is 0.341 e. The molecule has 1 unspecified atom stereocenters. The maximum atomic E-state index is 11.9. The van der Waals surface area contributed by atoms with Gasteiger partial charge in [0.2, 0.25) is 0 Å². The molecular weight excluding hydrogens is 220 g/mol.